The zero-order chi connectivity index (χ0) is 14.8. The summed E-state index contributed by atoms with van der Waals surface area (Å²) in [5.74, 6) is 0.240. The standard InChI is InChI=1S/C17H26N2O/c1-14-12-18(4)10-11-19(14)13-17(2,3)16(20)15-8-6-5-7-9-15/h5-9,14H,10-13H2,1-4H3. The number of benzene rings is 1. The smallest absolute Gasteiger partial charge is 0.169 e. The molecule has 1 saturated heterocycles. The highest BCUT2D eigenvalue weighted by Crippen LogP contribution is 2.25. The third kappa shape index (κ3) is 3.47. The first-order valence-electron chi connectivity index (χ1n) is 7.42. The third-order valence-electron chi connectivity index (χ3n) is 4.22. The van der Waals surface area contributed by atoms with Crippen LogP contribution in [0.5, 0.6) is 0 Å². The molecule has 1 heterocycles. The zero-order valence-corrected chi connectivity index (χ0v) is 13.1. The molecule has 1 aliphatic heterocycles. The molecule has 20 heavy (non-hydrogen) atoms. The summed E-state index contributed by atoms with van der Waals surface area (Å²) in [5, 5.41) is 0. The van der Waals surface area contributed by atoms with Gasteiger partial charge in [-0.15, -0.1) is 0 Å². The van der Waals surface area contributed by atoms with Crippen LogP contribution in [-0.2, 0) is 0 Å². The molecule has 0 radical (unpaired) electrons. The number of nitrogens with zero attached hydrogens (tertiary/aromatic N) is 2. The van der Waals surface area contributed by atoms with Gasteiger partial charge in [-0.2, -0.15) is 0 Å². The van der Waals surface area contributed by atoms with Crippen LogP contribution in [0.1, 0.15) is 31.1 Å². The van der Waals surface area contributed by atoms with E-state index in [1.165, 1.54) is 0 Å². The lowest BCUT2D eigenvalue weighted by Crippen LogP contribution is -2.53. The van der Waals surface area contributed by atoms with Crippen LogP contribution < -0.4 is 0 Å². The number of Topliss-reactive ketones (excluding diaryl/α,β-unsaturated/α-hetero) is 1. The van der Waals surface area contributed by atoms with Gasteiger partial charge in [-0.05, 0) is 14.0 Å². The van der Waals surface area contributed by atoms with Gasteiger partial charge in [0.2, 0.25) is 0 Å². The van der Waals surface area contributed by atoms with Gasteiger partial charge in [0.25, 0.3) is 0 Å². The molecule has 1 aromatic rings. The lowest BCUT2D eigenvalue weighted by molar-refractivity contribution is 0.0533. The second-order valence-electron chi connectivity index (χ2n) is 6.66. The quantitative estimate of drug-likeness (QED) is 0.788. The van der Waals surface area contributed by atoms with Crippen molar-refractivity contribution in [3.63, 3.8) is 0 Å². The van der Waals surface area contributed by atoms with Crippen molar-refractivity contribution in [2.24, 2.45) is 5.41 Å². The van der Waals surface area contributed by atoms with E-state index in [-0.39, 0.29) is 11.2 Å². The van der Waals surface area contributed by atoms with E-state index in [0.717, 1.165) is 31.7 Å². The minimum absolute atomic E-state index is 0.240. The minimum atomic E-state index is -0.342. The van der Waals surface area contributed by atoms with Crippen molar-refractivity contribution in [2.75, 3.05) is 33.2 Å². The Kier molecular flexibility index (Phi) is 4.61. The molecule has 1 aliphatic rings. The monoisotopic (exact) mass is 274 g/mol. The molecule has 1 aromatic carbocycles. The lowest BCUT2D eigenvalue weighted by Gasteiger charge is -2.41. The summed E-state index contributed by atoms with van der Waals surface area (Å²) in [6, 6.07) is 10.2. The average Bonchev–Trinajstić information content (AvgIpc) is 2.42. The van der Waals surface area contributed by atoms with Gasteiger partial charge >= 0.3 is 0 Å². The molecule has 0 N–H and O–H groups in total. The predicted molar refractivity (Wildman–Crippen MR) is 83.1 cm³/mol. The number of likely N-dealkylation sites (N-methyl/N-ethyl adjacent to an activating group) is 1. The molecule has 110 valence electrons. The Morgan fingerprint density at radius 3 is 2.50 bits per heavy atom. The fraction of sp³-hybridized carbons (Fsp3) is 0.588. The second kappa shape index (κ2) is 6.06. The molecule has 0 amide bonds. The number of ketones is 1. The first-order valence-corrected chi connectivity index (χ1v) is 7.42. The normalized spacial score (nSPS) is 21.9. The maximum Gasteiger partial charge on any atom is 0.169 e. The van der Waals surface area contributed by atoms with E-state index in [0.29, 0.717) is 6.04 Å². The fourth-order valence-corrected chi connectivity index (χ4v) is 2.97. The molecule has 1 fully saturated rings. The largest absolute Gasteiger partial charge is 0.304 e. The molecule has 3 heteroatoms. The molecule has 0 aromatic heterocycles. The Hall–Kier alpha value is -1.19. The molecule has 3 nitrogen and oxygen atoms in total. The summed E-state index contributed by atoms with van der Waals surface area (Å²) in [6.45, 7) is 10.4. The van der Waals surface area contributed by atoms with Gasteiger partial charge < -0.3 is 4.90 Å². The number of carbonyl (C=O) groups excluding carboxylic acids is 1. The molecule has 0 bridgehead atoms. The Labute approximate surface area is 122 Å². The topological polar surface area (TPSA) is 23.6 Å². The molecular weight excluding hydrogens is 248 g/mol. The van der Waals surface area contributed by atoms with E-state index >= 15 is 0 Å². The number of rotatable bonds is 4. The van der Waals surface area contributed by atoms with E-state index in [2.05, 4.69) is 37.6 Å². The Morgan fingerprint density at radius 2 is 1.90 bits per heavy atom. The summed E-state index contributed by atoms with van der Waals surface area (Å²) in [5.41, 5.74) is 0.477. The maximum absolute atomic E-state index is 12.7. The van der Waals surface area contributed by atoms with Crippen molar-refractivity contribution >= 4 is 5.78 Å². The van der Waals surface area contributed by atoms with Gasteiger partial charge in [-0.3, -0.25) is 9.69 Å². The van der Waals surface area contributed by atoms with Crippen LogP contribution in [0.25, 0.3) is 0 Å². The van der Waals surface area contributed by atoms with Gasteiger partial charge in [-0.1, -0.05) is 44.2 Å². The van der Waals surface area contributed by atoms with Gasteiger partial charge in [0, 0.05) is 43.2 Å². The van der Waals surface area contributed by atoms with Crippen molar-refractivity contribution in [3.8, 4) is 0 Å². The highest BCUT2D eigenvalue weighted by Gasteiger charge is 2.33. The van der Waals surface area contributed by atoms with E-state index in [1.54, 1.807) is 0 Å². The first kappa shape index (κ1) is 15.2. The summed E-state index contributed by atoms with van der Waals surface area (Å²) < 4.78 is 0. The molecule has 1 atom stereocenters. The van der Waals surface area contributed by atoms with Crippen molar-refractivity contribution in [2.45, 2.75) is 26.8 Å². The van der Waals surface area contributed by atoms with E-state index in [4.69, 9.17) is 0 Å². The van der Waals surface area contributed by atoms with E-state index in [9.17, 15) is 4.79 Å². The summed E-state index contributed by atoms with van der Waals surface area (Å²) in [6.07, 6.45) is 0. The highest BCUT2D eigenvalue weighted by atomic mass is 16.1. The van der Waals surface area contributed by atoms with Crippen LogP contribution in [0.2, 0.25) is 0 Å². The second-order valence-corrected chi connectivity index (χ2v) is 6.66. The number of hydrogen-bond donors (Lipinski definition) is 0. The Morgan fingerprint density at radius 1 is 1.25 bits per heavy atom. The molecular formula is C17H26N2O. The van der Waals surface area contributed by atoms with Crippen LogP contribution in [0.15, 0.2) is 30.3 Å². The Balaban J connectivity index is 2.05. The van der Waals surface area contributed by atoms with E-state index in [1.807, 2.05) is 30.3 Å². The molecule has 1 unspecified atom stereocenters. The number of hydrogen-bond acceptors (Lipinski definition) is 3. The summed E-state index contributed by atoms with van der Waals surface area (Å²) in [7, 11) is 2.16. The maximum atomic E-state index is 12.7. The van der Waals surface area contributed by atoms with Gasteiger partial charge in [0.05, 0.1) is 0 Å². The van der Waals surface area contributed by atoms with Crippen molar-refractivity contribution in [3.05, 3.63) is 35.9 Å². The third-order valence-corrected chi connectivity index (χ3v) is 4.22. The SMILES string of the molecule is CC1CN(C)CCN1CC(C)(C)C(=O)c1ccccc1. The zero-order valence-electron chi connectivity index (χ0n) is 13.1. The average molecular weight is 274 g/mol. The van der Waals surface area contributed by atoms with E-state index < -0.39 is 0 Å². The van der Waals surface area contributed by atoms with Crippen molar-refractivity contribution in [1.29, 1.82) is 0 Å². The summed E-state index contributed by atoms with van der Waals surface area (Å²) in [4.78, 5) is 17.5. The number of piperazine rings is 1. The van der Waals surface area contributed by atoms with Crippen molar-refractivity contribution < 1.29 is 4.79 Å². The molecule has 2 rings (SSSR count). The lowest BCUT2D eigenvalue weighted by atomic mass is 9.83. The molecule has 0 saturated carbocycles. The van der Waals surface area contributed by atoms with Crippen molar-refractivity contribution in [1.82, 2.24) is 9.80 Å². The van der Waals surface area contributed by atoms with Gasteiger partial charge in [0.1, 0.15) is 0 Å². The van der Waals surface area contributed by atoms with Crippen LogP contribution in [0.4, 0.5) is 0 Å². The Bertz CT molecular complexity index is 455. The van der Waals surface area contributed by atoms with Gasteiger partial charge in [-0.25, -0.2) is 0 Å². The molecule has 0 spiro atoms. The minimum Gasteiger partial charge on any atom is -0.304 e. The molecule has 0 aliphatic carbocycles. The number of carbonyl (C=O) groups is 1. The van der Waals surface area contributed by atoms with Crippen LogP contribution in [0.3, 0.4) is 0 Å². The fourth-order valence-electron chi connectivity index (χ4n) is 2.97. The first-order chi connectivity index (χ1) is 9.40. The predicted octanol–water partition coefficient (Wildman–Crippen LogP) is 2.53. The highest BCUT2D eigenvalue weighted by molar-refractivity contribution is 6.00. The van der Waals surface area contributed by atoms with Crippen LogP contribution in [-0.4, -0.2) is 54.9 Å². The van der Waals surface area contributed by atoms with Crippen LogP contribution >= 0.6 is 0 Å². The van der Waals surface area contributed by atoms with Crippen LogP contribution in [0, 0.1) is 5.41 Å². The summed E-state index contributed by atoms with van der Waals surface area (Å²) >= 11 is 0. The van der Waals surface area contributed by atoms with Gasteiger partial charge in [0.15, 0.2) is 5.78 Å².